The van der Waals surface area contributed by atoms with Gasteiger partial charge in [0.25, 0.3) is 0 Å². The third-order valence-electron chi connectivity index (χ3n) is 3.96. The van der Waals surface area contributed by atoms with Crippen LogP contribution in [0.3, 0.4) is 0 Å². The number of rotatable bonds is 6. The van der Waals surface area contributed by atoms with Crippen molar-refractivity contribution in [1.29, 1.82) is 0 Å². The van der Waals surface area contributed by atoms with Crippen LogP contribution < -0.4 is 11.1 Å². The topological polar surface area (TPSA) is 92.4 Å². The van der Waals surface area contributed by atoms with Gasteiger partial charge in [0.1, 0.15) is 0 Å². The van der Waals surface area contributed by atoms with Crippen LogP contribution in [0.5, 0.6) is 0 Å². The number of hydrogen-bond acceptors (Lipinski definition) is 3. The highest BCUT2D eigenvalue weighted by atomic mass is 16.4. The summed E-state index contributed by atoms with van der Waals surface area (Å²) in [5.41, 5.74) is 6.14. The fourth-order valence-electron chi connectivity index (χ4n) is 2.26. The lowest BCUT2D eigenvalue weighted by atomic mass is 9.81. The van der Waals surface area contributed by atoms with Gasteiger partial charge in [-0.15, -0.1) is 0 Å². The van der Waals surface area contributed by atoms with E-state index >= 15 is 0 Å². The Morgan fingerprint density at radius 2 is 1.90 bits per heavy atom. The lowest BCUT2D eigenvalue weighted by molar-refractivity contribution is -0.125. The summed E-state index contributed by atoms with van der Waals surface area (Å²) < 4.78 is 0. The van der Waals surface area contributed by atoms with Gasteiger partial charge in [0.15, 0.2) is 0 Å². The first-order valence-corrected chi connectivity index (χ1v) is 6.76. The van der Waals surface area contributed by atoms with Crippen LogP contribution in [0.25, 0.3) is 0 Å². The Kier molecular flexibility index (Phi) is 5.27. The van der Waals surface area contributed by atoms with Gasteiger partial charge >= 0.3 is 5.97 Å². The van der Waals surface area contributed by atoms with Crippen molar-refractivity contribution in [2.75, 3.05) is 11.9 Å². The van der Waals surface area contributed by atoms with E-state index in [2.05, 4.69) is 5.32 Å². The van der Waals surface area contributed by atoms with Gasteiger partial charge in [0, 0.05) is 6.54 Å². The summed E-state index contributed by atoms with van der Waals surface area (Å²) in [7, 11) is 0. The molecule has 0 bridgehead atoms. The fourth-order valence-corrected chi connectivity index (χ4v) is 2.26. The lowest BCUT2D eigenvalue weighted by Gasteiger charge is -2.28. The smallest absolute Gasteiger partial charge is 0.338 e. The third kappa shape index (κ3) is 2.99. The summed E-state index contributed by atoms with van der Waals surface area (Å²) in [6.07, 6.45) is 1.22. The zero-order valence-electron chi connectivity index (χ0n) is 12.2. The number of benzene rings is 1. The zero-order valence-corrected chi connectivity index (χ0v) is 12.2. The highest BCUT2D eigenvalue weighted by molar-refractivity contribution is 6.03. The van der Waals surface area contributed by atoms with E-state index in [0.717, 1.165) is 0 Å². The summed E-state index contributed by atoms with van der Waals surface area (Å²) in [5, 5.41) is 12.0. The molecule has 0 saturated heterocycles. The van der Waals surface area contributed by atoms with Gasteiger partial charge in [-0.3, -0.25) is 4.79 Å². The van der Waals surface area contributed by atoms with Crippen LogP contribution in [-0.4, -0.2) is 23.5 Å². The molecule has 0 saturated carbocycles. The van der Waals surface area contributed by atoms with Crippen molar-refractivity contribution in [3.63, 3.8) is 0 Å². The zero-order chi connectivity index (χ0) is 15.3. The quantitative estimate of drug-likeness (QED) is 0.745. The number of hydrogen-bond donors (Lipinski definition) is 3. The van der Waals surface area contributed by atoms with Gasteiger partial charge in [0.2, 0.25) is 5.91 Å². The standard InChI is InChI=1S/C15H22N2O3/c1-4-15(5-2,9-16)14(20)17-11-8-6-7-10(3)12(11)13(18)19/h6-8H,4-5,9,16H2,1-3H3,(H,17,20)(H,18,19). The number of aryl methyl sites for hydroxylation is 1. The van der Waals surface area contributed by atoms with E-state index in [0.29, 0.717) is 24.1 Å². The van der Waals surface area contributed by atoms with E-state index in [-0.39, 0.29) is 18.0 Å². The average Bonchev–Trinajstić information content (AvgIpc) is 2.41. The van der Waals surface area contributed by atoms with Gasteiger partial charge in [-0.1, -0.05) is 26.0 Å². The summed E-state index contributed by atoms with van der Waals surface area (Å²) in [4.78, 5) is 23.7. The molecule has 0 heterocycles. The van der Waals surface area contributed by atoms with E-state index < -0.39 is 11.4 Å². The first-order valence-electron chi connectivity index (χ1n) is 6.76. The monoisotopic (exact) mass is 278 g/mol. The third-order valence-corrected chi connectivity index (χ3v) is 3.96. The van der Waals surface area contributed by atoms with Crippen molar-refractivity contribution >= 4 is 17.6 Å². The van der Waals surface area contributed by atoms with E-state index in [1.165, 1.54) is 0 Å². The molecule has 0 unspecified atom stereocenters. The summed E-state index contributed by atoms with van der Waals surface area (Å²) >= 11 is 0. The number of amides is 1. The van der Waals surface area contributed by atoms with Crippen LogP contribution in [-0.2, 0) is 4.79 Å². The number of anilines is 1. The van der Waals surface area contributed by atoms with Gasteiger partial charge < -0.3 is 16.2 Å². The molecular formula is C15H22N2O3. The first-order chi connectivity index (χ1) is 9.41. The minimum atomic E-state index is -1.05. The summed E-state index contributed by atoms with van der Waals surface area (Å²) in [6, 6.07) is 5.02. The van der Waals surface area contributed by atoms with E-state index in [1.54, 1.807) is 25.1 Å². The summed E-state index contributed by atoms with van der Waals surface area (Å²) in [6.45, 7) is 5.75. The highest BCUT2D eigenvalue weighted by Gasteiger charge is 2.34. The molecule has 0 aliphatic rings. The number of aromatic carboxylic acids is 1. The van der Waals surface area contributed by atoms with Crippen molar-refractivity contribution in [3.8, 4) is 0 Å². The van der Waals surface area contributed by atoms with Gasteiger partial charge in [-0.25, -0.2) is 4.79 Å². The number of nitrogens with one attached hydrogen (secondary N) is 1. The second-order valence-electron chi connectivity index (χ2n) is 4.95. The lowest BCUT2D eigenvalue weighted by Crippen LogP contribution is -2.41. The minimum Gasteiger partial charge on any atom is -0.478 e. The first kappa shape index (κ1) is 16.2. The number of carbonyl (C=O) groups is 2. The molecule has 1 amide bonds. The maximum atomic E-state index is 12.4. The van der Waals surface area contributed by atoms with Crippen molar-refractivity contribution in [2.24, 2.45) is 11.1 Å². The number of carbonyl (C=O) groups excluding carboxylic acids is 1. The molecule has 0 aliphatic carbocycles. The number of nitrogens with two attached hydrogens (primary N) is 1. The molecule has 110 valence electrons. The largest absolute Gasteiger partial charge is 0.478 e. The Bertz CT molecular complexity index is 500. The second-order valence-corrected chi connectivity index (χ2v) is 4.95. The van der Waals surface area contributed by atoms with Crippen molar-refractivity contribution in [2.45, 2.75) is 33.6 Å². The Balaban J connectivity index is 3.14. The SMILES string of the molecule is CCC(CC)(CN)C(=O)Nc1cccc(C)c1C(=O)O. The van der Waals surface area contributed by atoms with Crippen LogP contribution >= 0.6 is 0 Å². The molecule has 5 nitrogen and oxygen atoms in total. The van der Waals surface area contributed by atoms with Crippen LogP contribution in [0.4, 0.5) is 5.69 Å². The van der Waals surface area contributed by atoms with E-state index in [1.807, 2.05) is 13.8 Å². The molecule has 0 spiro atoms. The Morgan fingerprint density at radius 3 is 2.35 bits per heavy atom. The molecule has 1 rings (SSSR count). The molecule has 0 aliphatic heterocycles. The molecule has 0 aromatic heterocycles. The molecule has 5 heteroatoms. The van der Waals surface area contributed by atoms with Crippen molar-refractivity contribution in [1.82, 2.24) is 0 Å². The predicted molar refractivity (Wildman–Crippen MR) is 78.8 cm³/mol. The van der Waals surface area contributed by atoms with Crippen molar-refractivity contribution in [3.05, 3.63) is 29.3 Å². The molecule has 1 aromatic carbocycles. The van der Waals surface area contributed by atoms with Gasteiger partial charge in [-0.2, -0.15) is 0 Å². The van der Waals surface area contributed by atoms with Gasteiger partial charge in [0.05, 0.1) is 16.7 Å². The minimum absolute atomic E-state index is 0.124. The second kappa shape index (κ2) is 6.52. The Hall–Kier alpha value is -1.88. The Morgan fingerprint density at radius 1 is 1.30 bits per heavy atom. The van der Waals surface area contributed by atoms with Crippen LogP contribution in [0, 0.1) is 12.3 Å². The molecule has 0 fully saturated rings. The number of carboxylic acid groups (broad SMARTS) is 1. The maximum absolute atomic E-state index is 12.4. The van der Waals surface area contributed by atoms with Crippen LogP contribution in [0.2, 0.25) is 0 Å². The maximum Gasteiger partial charge on any atom is 0.338 e. The van der Waals surface area contributed by atoms with E-state index in [9.17, 15) is 14.7 Å². The predicted octanol–water partition coefficient (Wildman–Crippen LogP) is 2.40. The van der Waals surface area contributed by atoms with Crippen molar-refractivity contribution < 1.29 is 14.7 Å². The molecule has 0 radical (unpaired) electrons. The van der Waals surface area contributed by atoms with Gasteiger partial charge in [-0.05, 0) is 31.4 Å². The van der Waals surface area contributed by atoms with Crippen LogP contribution in [0.15, 0.2) is 18.2 Å². The molecule has 0 atom stereocenters. The fraction of sp³-hybridized carbons (Fsp3) is 0.467. The molecule has 1 aromatic rings. The average molecular weight is 278 g/mol. The molecular weight excluding hydrogens is 256 g/mol. The Labute approximate surface area is 119 Å². The van der Waals surface area contributed by atoms with Crippen LogP contribution in [0.1, 0.15) is 42.6 Å². The number of carboxylic acids is 1. The molecule has 4 N–H and O–H groups in total. The summed E-state index contributed by atoms with van der Waals surface area (Å²) in [5.74, 6) is -1.28. The highest BCUT2D eigenvalue weighted by Crippen LogP contribution is 2.28. The molecule has 20 heavy (non-hydrogen) atoms. The normalized spacial score (nSPS) is 11.2. The van der Waals surface area contributed by atoms with E-state index in [4.69, 9.17) is 5.73 Å².